The highest BCUT2D eigenvalue weighted by Gasteiger charge is 2.29. The Hall–Kier alpha value is -1.23. The third kappa shape index (κ3) is 2.96. The molecule has 0 saturated heterocycles. The van der Waals surface area contributed by atoms with Gasteiger partial charge in [-0.05, 0) is 47.8 Å². The topological polar surface area (TPSA) is 55.8 Å². The summed E-state index contributed by atoms with van der Waals surface area (Å²) >= 11 is 3.37. The lowest BCUT2D eigenvalue weighted by Crippen LogP contribution is -2.26. The van der Waals surface area contributed by atoms with E-state index < -0.39 is 11.4 Å². The predicted molar refractivity (Wildman–Crippen MR) is 72.4 cm³/mol. The van der Waals surface area contributed by atoms with Crippen LogP contribution in [0.15, 0.2) is 16.6 Å². The first kappa shape index (κ1) is 14.8. The van der Waals surface area contributed by atoms with Crippen LogP contribution in [0.1, 0.15) is 19.4 Å². The number of benzene rings is 1. The van der Waals surface area contributed by atoms with Crippen molar-refractivity contribution in [3.8, 4) is 11.5 Å². The molecule has 1 N–H and O–H groups in total. The highest BCUT2D eigenvalue weighted by Crippen LogP contribution is 2.40. The van der Waals surface area contributed by atoms with Crippen LogP contribution in [0.3, 0.4) is 0 Å². The molecule has 0 aromatic heterocycles. The highest BCUT2D eigenvalue weighted by molar-refractivity contribution is 9.10. The van der Waals surface area contributed by atoms with E-state index in [1.807, 2.05) is 12.1 Å². The standard InChI is InChI=1S/C13H17BrO4/c1-13(2,12(15)16)7-8-5-6-9(14)11(18-4)10(8)17-3/h5-6H,7H2,1-4H3,(H,15,16). The maximum absolute atomic E-state index is 11.2. The van der Waals surface area contributed by atoms with Crippen molar-refractivity contribution in [2.75, 3.05) is 14.2 Å². The van der Waals surface area contributed by atoms with Crippen LogP contribution in [0.4, 0.5) is 0 Å². The fraction of sp³-hybridized carbons (Fsp3) is 0.462. The molecule has 1 aromatic carbocycles. The van der Waals surface area contributed by atoms with E-state index in [2.05, 4.69) is 15.9 Å². The molecule has 0 radical (unpaired) electrons. The zero-order chi connectivity index (χ0) is 13.9. The summed E-state index contributed by atoms with van der Waals surface area (Å²) in [7, 11) is 3.09. The smallest absolute Gasteiger partial charge is 0.309 e. The first-order valence-electron chi connectivity index (χ1n) is 5.46. The minimum Gasteiger partial charge on any atom is -0.493 e. The van der Waals surface area contributed by atoms with Gasteiger partial charge in [-0.3, -0.25) is 4.79 Å². The Balaban J connectivity index is 3.22. The normalized spacial score (nSPS) is 11.2. The van der Waals surface area contributed by atoms with E-state index in [0.717, 1.165) is 10.0 Å². The minimum absolute atomic E-state index is 0.370. The third-order valence-electron chi connectivity index (χ3n) is 2.77. The van der Waals surface area contributed by atoms with Gasteiger partial charge in [0.1, 0.15) is 0 Å². The van der Waals surface area contributed by atoms with Gasteiger partial charge in [0.05, 0.1) is 24.1 Å². The lowest BCUT2D eigenvalue weighted by atomic mass is 9.85. The second-order valence-corrected chi connectivity index (χ2v) is 5.49. The van der Waals surface area contributed by atoms with Crippen molar-refractivity contribution in [3.63, 3.8) is 0 Å². The molecule has 0 spiro atoms. The molecular formula is C13H17BrO4. The Labute approximate surface area is 115 Å². The maximum atomic E-state index is 11.2. The van der Waals surface area contributed by atoms with E-state index in [0.29, 0.717) is 17.9 Å². The van der Waals surface area contributed by atoms with Gasteiger partial charge in [-0.25, -0.2) is 0 Å². The zero-order valence-electron chi connectivity index (χ0n) is 10.9. The van der Waals surface area contributed by atoms with Crippen LogP contribution in [-0.2, 0) is 11.2 Å². The Morgan fingerprint density at radius 2 is 1.83 bits per heavy atom. The first-order valence-corrected chi connectivity index (χ1v) is 6.25. The van der Waals surface area contributed by atoms with E-state index in [1.54, 1.807) is 28.1 Å². The second kappa shape index (κ2) is 5.61. The Bertz CT molecular complexity index is 455. The molecule has 1 rings (SSSR count). The number of methoxy groups -OCH3 is 2. The van der Waals surface area contributed by atoms with Crippen molar-refractivity contribution in [2.45, 2.75) is 20.3 Å². The molecule has 18 heavy (non-hydrogen) atoms. The van der Waals surface area contributed by atoms with Crippen LogP contribution in [0, 0.1) is 5.41 Å². The van der Waals surface area contributed by atoms with Gasteiger partial charge in [0, 0.05) is 0 Å². The predicted octanol–water partition coefficient (Wildman–Crippen LogP) is 3.12. The van der Waals surface area contributed by atoms with Crippen molar-refractivity contribution in [1.82, 2.24) is 0 Å². The van der Waals surface area contributed by atoms with Crippen LogP contribution in [0.2, 0.25) is 0 Å². The molecule has 100 valence electrons. The van der Waals surface area contributed by atoms with Crippen molar-refractivity contribution in [3.05, 3.63) is 22.2 Å². The van der Waals surface area contributed by atoms with Gasteiger partial charge in [0.15, 0.2) is 11.5 Å². The summed E-state index contributed by atoms with van der Waals surface area (Å²) < 4.78 is 11.4. The average Bonchev–Trinajstić information content (AvgIpc) is 2.30. The molecule has 5 heteroatoms. The fourth-order valence-corrected chi connectivity index (χ4v) is 2.16. The van der Waals surface area contributed by atoms with Gasteiger partial charge in [-0.1, -0.05) is 6.07 Å². The number of hydrogen-bond donors (Lipinski definition) is 1. The molecule has 1 aromatic rings. The van der Waals surface area contributed by atoms with Crippen LogP contribution < -0.4 is 9.47 Å². The first-order chi connectivity index (χ1) is 8.33. The van der Waals surface area contributed by atoms with E-state index >= 15 is 0 Å². The summed E-state index contributed by atoms with van der Waals surface area (Å²) in [5.74, 6) is 0.309. The summed E-state index contributed by atoms with van der Waals surface area (Å²) in [6, 6.07) is 3.67. The van der Waals surface area contributed by atoms with E-state index in [-0.39, 0.29) is 0 Å². The molecule has 0 unspecified atom stereocenters. The average molecular weight is 317 g/mol. The largest absolute Gasteiger partial charge is 0.493 e. The molecule has 0 saturated carbocycles. The summed E-state index contributed by atoms with van der Waals surface area (Å²) in [5.41, 5.74) is -0.0449. The quantitative estimate of drug-likeness (QED) is 0.906. The molecule has 0 atom stereocenters. The molecule has 0 fully saturated rings. The third-order valence-corrected chi connectivity index (χ3v) is 3.39. The Morgan fingerprint density at radius 3 is 2.28 bits per heavy atom. The number of carboxylic acid groups (broad SMARTS) is 1. The summed E-state index contributed by atoms with van der Waals surface area (Å²) in [6.45, 7) is 3.37. The molecule has 0 heterocycles. The highest BCUT2D eigenvalue weighted by atomic mass is 79.9. The number of aliphatic carboxylic acids is 1. The van der Waals surface area contributed by atoms with E-state index in [1.165, 1.54) is 0 Å². The lowest BCUT2D eigenvalue weighted by Gasteiger charge is -2.21. The van der Waals surface area contributed by atoms with Gasteiger partial charge in [0.25, 0.3) is 0 Å². The molecule has 4 nitrogen and oxygen atoms in total. The SMILES string of the molecule is COc1c(Br)ccc(CC(C)(C)C(=O)O)c1OC. The van der Waals surface area contributed by atoms with Gasteiger partial charge in [0.2, 0.25) is 0 Å². The number of carbonyl (C=O) groups is 1. The van der Waals surface area contributed by atoms with Crippen LogP contribution in [0.5, 0.6) is 11.5 Å². The minimum atomic E-state index is -0.855. The summed E-state index contributed by atoms with van der Waals surface area (Å²) in [4.78, 5) is 11.2. The van der Waals surface area contributed by atoms with Gasteiger partial charge in [-0.2, -0.15) is 0 Å². The number of hydrogen-bond acceptors (Lipinski definition) is 3. The molecule has 0 aliphatic rings. The lowest BCUT2D eigenvalue weighted by molar-refractivity contribution is -0.146. The number of carboxylic acids is 1. The monoisotopic (exact) mass is 316 g/mol. The summed E-state index contributed by atoms with van der Waals surface area (Å²) in [6.07, 6.45) is 0.370. The van der Waals surface area contributed by atoms with Crippen LogP contribution in [-0.4, -0.2) is 25.3 Å². The number of halogens is 1. The Morgan fingerprint density at radius 1 is 1.28 bits per heavy atom. The second-order valence-electron chi connectivity index (χ2n) is 4.64. The van der Waals surface area contributed by atoms with E-state index in [4.69, 9.17) is 14.6 Å². The van der Waals surface area contributed by atoms with Crippen molar-refractivity contribution >= 4 is 21.9 Å². The van der Waals surface area contributed by atoms with Crippen molar-refractivity contribution in [1.29, 1.82) is 0 Å². The van der Waals surface area contributed by atoms with Crippen LogP contribution >= 0.6 is 15.9 Å². The van der Waals surface area contributed by atoms with E-state index in [9.17, 15) is 4.79 Å². The van der Waals surface area contributed by atoms with Crippen molar-refractivity contribution < 1.29 is 19.4 Å². The fourth-order valence-electron chi connectivity index (χ4n) is 1.68. The van der Waals surface area contributed by atoms with Gasteiger partial charge in [-0.15, -0.1) is 0 Å². The zero-order valence-corrected chi connectivity index (χ0v) is 12.5. The maximum Gasteiger partial charge on any atom is 0.309 e. The Kier molecular flexibility index (Phi) is 4.62. The van der Waals surface area contributed by atoms with Crippen molar-refractivity contribution in [2.24, 2.45) is 5.41 Å². The molecular weight excluding hydrogens is 300 g/mol. The number of ether oxygens (including phenoxy) is 2. The number of rotatable bonds is 5. The van der Waals surface area contributed by atoms with Crippen LogP contribution in [0.25, 0.3) is 0 Å². The molecule has 0 aliphatic heterocycles. The van der Waals surface area contributed by atoms with Gasteiger partial charge < -0.3 is 14.6 Å². The summed E-state index contributed by atoms with van der Waals surface area (Å²) in [5, 5.41) is 9.17. The molecule has 0 amide bonds. The molecule has 0 aliphatic carbocycles. The molecule has 0 bridgehead atoms. The van der Waals surface area contributed by atoms with Gasteiger partial charge >= 0.3 is 5.97 Å².